The highest BCUT2D eigenvalue weighted by molar-refractivity contribution is 5.80. The third-order valence-electron chi connectivity index (χ3n) is 5.77. The predicted octanol–water partition coefficient (Wildman–Crippen LogP) is -0.223. The van der Waals surface area contributed by atoms with Crippen LogP contribution in [0.5, 0.6) is 0 Å². The molecule has 1 spiro atoms. The maximum atomic E-state index is 12.4. The van der Waals surface area contributed by atoms with E-state index in [0.717, 1.165) is 38.9 Å². The number of nitrogens with one attached hydrogen (secondary N) is 2. The number of piperidine rings is 1. The molecule has 3 fully saturated rings. The molecule has 0 radical (unpaired) electrons. The quantitative estimate of drug-likeness (QED) is 0.659. The van der Waals surface area contributed by atoms with Crippen LogP contribution >= 0.6 is 0 Å². The van der Waals surface area contributed by atoms with Crippen molar-refractivity contribution in [2.75, 3.05) is 32.8 Å². The van der Waals surface area contributed by atoms with Gasteiger partial charge in [0.05, 0.1) is 11.1 Å². The molecule has 3 aliphatic heterocycles. The van der Waals surface area contributed by atoms with Gasteiger partial charge in [-0.2, -0.15) is 0 Å². The molecule has 0 aromatic carbocycles. The van der Waals surface area contributed by atoms with E-state index in [2.05, 4.69) is 10.6 Å². The van der Waals surface area contributed by atoms with Gasteiger partial charge in [-0.15, -0.1) is 0 Å². The van der Waals surface area contributed by atoms with E-state index in [1.807, 2.05) is 6.92 Å². The third-order valence-corrected chi connectivity index (χ3v) is 5.77. The lowest BCUT2D eigenvalue weighted by Crippen LogP contribution is -2.69. The van der Waals surface area contributed by atoms with Crippen LogP contribution in [-0.4, -0.2) is 71.9 Å². The van der Waals surface area contributed by atoms with Crippen LogP contribution in [-0.2, 0) is 14.3 Å². The highest BCUT2D eigenvalue weighted by atomic mass is 16.5. The number of hydrogen-bond donors (Lipinski definition) is 3. The monoisotopic (exact) mass is 339 g/mol. The number of aliphatic hydroxyl groups is 1. The Hall–Kier alpha value is -1.18. The van der Waals surface area contributed by atoms with Gasteiger partial charge in [0, 0.05) is 32.5 Å². The van der Waals surface area contributed by atoms with Gasteiger partial charge in [0.1, 0.15) is 6.10 Å². The van der Waals surface area contributed by atoms with E-state index in [-0.39, 0.29) is 18.2 Å². The highest BCUT2D eigenvalue weighted by Crippen LogP contribution is 2.38. The van der Waals surface area contributed by atoms with Crippen molar-refractivity contribution in [2.45, 2.75) is 62.7 Å². The predicted molar refractivity (Wildman–Crippen MR) is 88.4 cm³/mol. The SMILES string of the molecule is C[C@@]1(NC(=O)CCN2CCCC2=O)CCOC2(CCNCC2)[C@H]1O. The molecule has 24 heavy (non-hydrogen) atoms. The summed E-state index contributed by atoms with van der Waals surface area (Å²) in [5.74, 6) is 0.0241. The van der Waals surface area contributed by atoms with Crippen LogP contribution < -0.4 is 10.6 Å². The first-order chi connectivity index (χ1) is 11.5. The second-order valence-electron chi connectivity index (χ2n) is 7.52. The van der Waals surface area contributed by atoms with Crippen molar-refractivity contribution in [1.82, 2.24) is 15.5 Å². The van der Waals surface area contributed by atoms with Crippen molar-refractivity contribution in [2.24, 2.45) is 0 Å². The van der Waals surface area contributed by atoms with E-state index in [4.69, 9.17) is 4.74 Å². The van der Waals surface area contributed by atoms with Crippen LogP contribution in [0.15, 0.2) is 0 Å². The smallest absolute Gasteiger partial charge is 0.222 e. The zero-order valence-electron chi connectivity index (χ0n) is 14.5. The minimum absolute atomic E-state index is 0.109. The molecule has 2 amide bonds. The maximum Gasteiger partial charge on any atom is 0.222 e. The number of likely N-dealkylation sites (tertiary alicyclic amines) is 1. The summed E-state index contributed by atoms with van der Waals surface area (Å²) < 4.78 is 5.96. The number of rotatable bonds is 4. The zero-order valence-corrected chi connectivity index (χ0v) is 14.5. The van der Waals surface area contributed by atoms with Gasteiger partial charge in [0.15, 0.2) is 0 Å². The molecular formula is C17H29N3O4. The summed E-state index contributed by atoms with van der Waals surface area (Å²) in [6.07, 6.45) is 3.13. The van der Waals surface area contributed by atoms with E-state index < -0.39 is 17.2 Å². The Morgan fingerprint density at radius 2 is 2.17 bits per heavy atom. The molecule has 0 bridgehead atoms. The fraction of sp³-hybridized carbons (Fsp3) is 0.882. The van der Waals surface area contributed by atoms with Crippen molar-refractivity contribution in [3.8, 4) is 0 Å². The number of carbonyl (C=O) groups excluding carboxylic acids is 2. The lowest BCUT2D eigenvalue weighted by Gasteiger charge is -2.52. The highest BCUT2D eigenvalue weighted by Gasteiger charge is 2.52. The van der Waals surface area contributed by atoms with E-state index in [9.17, 15) is 14.7 Å². The Morgan fingerprint density at radius 1 is 1.42 bits per heavy atom. The summed E-state index contributed by atoms with van der Waals surface area (Å²) in [6, 6.07) is 0. The van der Waals surface area contributed by atoms with Crippen LogP contribution in [0.3, 0.4) is 0 Å². The lowest BCUT2D eigenvalue weighted by molar-refractivity contribution is -0.200. The summed E-state index contributed by atoms with van der Waals surface area (Å²) in [5, 5.41) is 17.3. The van der Waals surface area contributed by atoms with Crippen LogP contribution in [0.1, 0.15) is 45.4 Å². The lowest BCUT2D eigenvalue weighted by atomic mass is 9.73. The van der Waals surface area contributed by atoms with Crippen LogP contribution in [0.2, 0.25) is 0 Å². The number of nitrogens with zero attached hydrogens (tertiary/aromatic N) is 1. The Kier molecular flexibility index (Phi) is 5.13. The van der Waals surface area contributed by atoms with Gasteiger partial charge in [-0.05, 0) is 45.7 Å². The second-order valence-corrected chi connectivity index (χ2v) is 7.52. The molecule has 3 N–H and O–H groups in total. The average molecular weight is 339 g/mol. The van der Waals surface area contributed by atoms with Gasteiger partial charge < -0.3 is 25.4 Å². The number of carbonyl (C=O) groups is 2. The fourth-order valence-electron chi connectivity index (χ4n) is 4.22. The van der Waals surface area contributed by atoms with Gasteiger partial charge in [-0.3, -0.25) is 9.59 Å². The van der Waals surface area contributed by atoms with Gasteiger partial charge in [-0.1, -0.05) is 0 Å². The summed E-state index contributed by atoms with van der Waals surface area (Å²) in [7, 11) is 0. The minimum atomic E-state index is -0.724. The summed E-state index contributed by atoms with van der Waals surface area (Å²) >= 11 is 0. The van der Waals surface area contributed by atoms with Gasteiger partial charge >= 0.3 is 0 Å². The first-order valence-corrected chi connectivity index (χ1v) is 9.07. The molecular weight excluding hydrogens is 310 g/mol. The van der Waals surface area contributed by atoms with Crippen molar-refractivity contribution < 1.29 is 19.4 Å². The fourth-order valence-corrected chi connectivity index (χ4v) is 4.22. The molecule has 7 nitrogen and oxygen atoms in total. The third kappa shape index (κ3) is 3.43. The maximum absolute atomic E-state index is 12.4. The van der Waals surface area contributed by atoms with Crippen LogP contribution in [0, 0.1) is 0 Å². The number of aliphatic hydroxyl groups excluding tert-OH is 1. The molecule has 7 heteroatoms. The largest absolute Gasteiger partial charge is 0.388 e. The number of amides is 2. The minimum Gasteiger partial charge on any atom is -0.388 e. The Labute approximate surface area is 143 Å². The molecule has 3 saturated heterocycles. The molecule has 2 atom stereocenters. The normalized spacial score (nSPS) is 33.0. The second kappa shape index (κ2) is 6.98. The topological polar surface area (TPSA) is 90.9 Å². The van der Waals surface area contributed by atoms with Crippen molar-refractivity contribution in [1.29, 1.82) is 0 Å². The summed E-state index contributed by atoms with van der Waals surface area (Å²) in [6.45, 7) is 5.29. The molecule has 0 aromatic heterocycles. The van der Waals surface area contributed by atoms with Gasteiger partial charge in [0.2, 0.25) is 11.8 Å². The molecule has 0 aliphatic carbocycles. The summed E-state index contributed by atoms with van der Waals surface area (Å²) in [5.41, 5.74) is -1.24. The van der Waals surface area contributed by atoms with Crippen LogP contribution in [0.4, 0.5) is 0 Å². The van der Waals surface area contributed by atoms with E-state index in [1.54, 1.807) is 4.90 Å². The molecule has 3 heterocycles. The number of ether oxygens (including phenoxy) is 1. The van der Waals surface area contributed by atoms with Crippen molar-refractivity contribution in [3.63, 3.8) is 0 Å². The summed E-state index contributed by atoms with van der Waals surface area (Å²) in [4.78, 5) is 25.8. The molecule has 3 rings (SSSR count). The van der Waals surface area contributed by atoms with Crippen LogP contribution in [0.25, 0.3) is 0 Å². The number of hydrogen-bond acceptors (Lipinski definition) is 5. The Balaban J connectivity index is 1.57. The van der Waals surface area contributed by atoms with Crippen molar-refractivity contribution in [3.05, 3.63) is 0 Å². The first-order valence-electron chi connectivity index (χ1n) is 9.07. The van der Waals surface area contributed by atoms with E-state index >= 15 is 0 Å². The first kappa shape index (κ1) is 17.6. The van der Waals surface area contributed by atoms with Gasteiger partial charge in [0.25, 0.3) is 0 Å². The van der Waals surface area contributed by atoms with E-state index in [1.165, 1.54) is 0 Å². The molecule has 0 unspecified atom stereocenters. The van der Waals surface area contributed by atoms with Gasteiger partial charge in [-0.25, -0.2) is 0 Å². The molecule has 0 saturated carbocycles. The Morgan fingerprint density at radius 3 is 2.83 bits per heavy atom. The Bertz CT molecular complexity index is 487. The molecule has 0 aromatic rings. The average Bonchev–Trinajstić information content (AvgIpc) is 2.97. The standard InChI is InChI=1S/C17H29N3O4/c1-16(19-13(21)4-11-20-10-2-3-14(20)22)7-12-24-17(15(16)23)5-8-18-9-6-17/h15,18,23H,2-12H2,1H3,(H,19,21)/t15-,16+/m0/s1. The molecule has 3 aliphatic rings. The zero-order chi connectivity index (χ0) is 17.2. The molecule has 136 valence electrons. The van der Waals surface area contributed by atoms with Crippen molar-refractivity contribution >= 4 is 11.8 Å². The van der Waals surface area contributed by atoms with E-state index in [0.29, 0.717) is 26.0 Å².